The summed E-state index contributed by atoms with van der Waals surface area (Å²) in [5, 5.41) is 9.10. The van der Waals surface area contributed by atoms with E-state index in [0.717, 1.165) is 0 Å². The molecule has 4 nitrogen and oxygen atoms in total. The third-order valence-electron chi connectivity index (χ3n) is 1.24. The molecule has 1 aromatic carbocycles. The van der Waals surface area contributed by atoms with Crippen LogP contribution in [0.25, 0.3) is 0 Å². The minimum absolute atomic E-state index is 0.0267. The van der Waals surface area contributed by atoms with E-state index in [4.69, 9.17) is 9.66 Å². The van der Waals surface area contributed by atoms with Gasteiger partial charge in [-0.3, -0.25) is 4.55 Å². The molecule has 0 fully saturated rings. The van der Waals surface area contributed by atoms with Gasteiger partial charge >= 0.3 is 0 Å². The van der Waals surface area contributed by atoms with Crippen LogP contribution < -0.4 is 0 Å². The molecule has 7 heteroatoms. The van der Waals surface area contributed by atoms with E-state index in [1.54, 1.807) is 45.2 Å². The van der Waals surface area contributed by atoms with Crippen LogP contribution in [0, 0.1) is 7.14 Å². The molecule has 0 atom stereocenters. The highest BCUT2D eigenvalue weighted by atomic mass is 127. The van der Waals surface area contributed by atoms with Gasteiger partial charge in [-0.1, -0.05) is 0 Å². The van der Waals surface area contributed by atoms with Crippen molar-refractivity contribution in [1.82, 2.24) is 0 Å². The summed E-state index contributed by atoms with van der Waals surface area (Å²) in [7, 11) is -4.21. The number of hydrogen-bond acceptors (Lipinski definition) is 3. The normalized spacial score (nSPS) is 11.6. The standard InChI is InChI=1S/C6H4I2O4S/c7-4-1-3(9)2-5(8)6(4)13(10,11)12/h1-2,9H,(H,10,11,12). The zero-order chi connectivity index (χ0) is 10.2. The zero-order valence-corrected chi connectivity index (χ0v) is 11.2. The largest absolute Gasteiger partial charge is 0.508 e. The second kappa shape index (κ2) is 3.87. The first-order valence-electron chi connectivity index (χ1n) is 2.98. The van der Waals surface area contributed by atoms with Gasteiger partial charge in [0.2, 0.25) is 0 Å². The molecule has 0 saturated carbocycles. The molecule has 0 aliphatic carbocycles. The fourth-order valence-electron chi connectivity index (χ4n) is 0.793. The summed E-state index contributed by atoms with van der Waals surface area (Å²) in [6, 6.07) is 2.54. The molecular weight excluding hydrogens is 422 g/mol. The number of halogens is 2. The SMILES string of the molecule is O=S(=O)(O)c1c(I)cc(O)cc1I. The van der Waals surface area contributed by atoms with Crippen LogP contribution in [0.3, 0.4) is 0 Å². The van der Waals surface area contributed by atoms with Gasteiger partial charge in [0.15, 0.2) is 0 Å². The van der Waals surface area contributed by atoms with Crippen LogP contribution in [0.1, 0.15) is 0 Å². The maximum absolute atomic E-state index is 10.9. The topological polar surface area (TPSA) is 74.6 Å². The molecule has 0 aromatic heterocycles. The van der Waals surface area contributed by atoms with Crippen molar-refractivity contribution in [1.29, 1.82) is 0 Å². The predicted molar refractivity (Wildman–Crippen MR) is 63.4 cm³/mol. The summed E-state index contributed by atoms with van der Waals surface area (Å²) in [6.07, 6.45) is 0. The van der Waals surface area contributed by atoms with Crippen molar-refractivity contribution < 1.29 is 18.1 Å². The Morgan fingerprint density at radius 2 is 1.54 bits per heavy atom. The van der Waals surface area contributed by atoms with Crippen molar-refractivity contribution in [2.24, 2.45) is 0 Å². The molecule has 1 aromatic rings. The predicted octanol–water partition coefficient (Wildman–Crippen LogP) is 1.85. The number of hydrogen-bond donors (Lipinski definition) is 2. The van der Waals surface area contributed by atoms with Crippen LogP contribution in [-0.2, 0) is 10.1 Å². The molecule has 0 radical (unpaired) electrons. The molecule has 13 heavy (non-hydrogen) atoms. The summed E-state index contributed by atoms with van der Waals surface area (Å²) in [5.41, 5.74) is 0. The van der Waals surface area contributed by atoms with Gasteiger partial charge in [-0.15, -0.1) is 0 Å². The van der Waals surface area contributed by atoms with Gasteiger partial charge in [-0.2, -0.15) is 8.42 Å². The van der Waals surface area contributed by atoms with Crippen LogP contribution in [0.15, 0.2) is 17.0 Å². The summed E-state index contributed by atoms with van der Waals surface area (Å²) in [6.45, 7) is 0. The fourth-order valence-corrected chi connectivity index (χ4v) is 4.81. The molecule has 0 saturated heterocycles. The van der Waals surface area contributed by atoms with Crippen molar-refractivity contribution in [3.8, 4) is 5.75 Å². The third kappa shape index (κ3) is 2.67. The van der Waals surface area contributed by atoms with Gasteiger partial charge in [0.05, 0.1) is 0 Å². The Labute approximate surface area is 102 Å². The van der Waals surface area contributed by atoms with Crippen molar-refractivity contribution in [2.45, 2.75) is 4.90 Å². The third-order valence-corrected chi connectivity index (χ3v) is 4.63. The highest BCUT2D eigenvalue weighted by molar-refractivity contribution is 14.1. The van der Waals surface area contributed by atoms with Gasteiger partial charge in [-0.05, 0) is 57.3 Å². The average molecular weight is 426 g/mol. The number of rotatable bonds is 1. The second-order valence-corrected chi connectivity index (χ2v) is 5.90. The molecule has 0 bridgehead atoms. The van der Waals surface area contributed by atoms with Crippen molar-refractivity contribution in [2.75, 3.05) is 0 Å². The van der Waals surface area contributed by atoms with Crippen LogP contribution >= 0.6 is 45.2 Å². The second-order valence-electron chi connectivity index (χ2n) is 2.21. The Balaban J connectivity index is 3.57. The quantitative estimate of drug-likeness (QED) is 0.532. The van der Waals surface area contributed by atoms with E-state index in [1.807, 2.05) is 0 Å². The van der Waals surface area contributed by atoms with Crippen LogP contribution in [0.5, 0.6) is 5.75 Å². The van der Waals surface area contributed by atoms with Gasteiger partial charge in [0, 0.05) is 7.14 Å². The van der Waals surface area contributed by atoms with Gasteiger partial charge in [0.1, 0.15) is 10.6 Å². The lowest BCUT2D eigenvalue weighted by Crippen LogP contribution is -2.03. The Hall–Kier alpha value is 0.390. The van der Waals surface area contributed by atoms with E-state index >= 15 is 0 Å². The zero-order valence-electron chi connectivity index (χ0n) is 6.03. The molecule has 72 valence electrons. The summed E-state index contributed by atoms with van der Waals surface area (Å²) < 4.78 is 31.1. The molecule has 0 heterocycles. The first-order valence-corrected chi connectivity index (χ1v) is 6.57. The van der Waals surface area contributed by atoms with Crippen LogP contribution in [0.4, 0.5) is 0 Å². The van der Waals surface area contributed by atoms with Gasteiger partial charge in [0.25, 0.3) is 10.1 Å². The minimum Gasteiger partial charge on any atom is -0.508 e. The van der Waals surface area contributed by atoms with Crippen molar-refractivity contribution in [3.63, 3.8) is 0 Å². The van der Waals surface area contributed by atoms with E-state index in [2.05, 4.69) is 0 Å². The molecule has 2 N–H and O–H groups in total. The van der Waals surface area contributed by atoms with Crippen molar-refractivity contribution >= 4 is 55.3 Å². The maximum atomic E-state index is 10.9. The maximum Gasteiger partial charge on any atom is 0.296 e. The fraction of sp³-hybridized carbons (Fsp3) is 0. The molecule has 0 unspecified atom stereocenters. The lowest BCUT2D eigenvalue weighted by molar-refractivity contribution is 0.471. The smallest absolute Gasteiger partial charge is 0.296 e. The van der Waals surface area contributed by atoms with E-state index < -0.39 is 10.1 Å². The van der Waals surface area contributed by atoms with Gasteiger partial charge < -0.3 is 5.11 Å². The highest BCUT2D eigenvalue weighted by Crippen LogP contribution is 2.28. The summed E-state index contributed by atoms with van der Waals surface area (Å²) in [4.78, 5) is -0.161. The summed E-state index contributed by atoms with van der Waals surface area (Å²) >= 11 is 3.47. The number of aromatic hydroxyl groups is 1. The lowest BCUT2D eigenvalue weighted by Gasteiger charge is -2.04. The first kappa shape index (κ1) is 11.5. The van der Waals surface area contributed by atoms with Crippen LogP contribution in [-0.4, -0.2) is 18.1 Å². The van der Waals surface area contributed by atoms with E-state index in [-0.39, 0.29) is 10.6 Å². The molecule has 0 aliphatic heterocycles. The van der Waals surface area contributed by atoms with Gasteiger partial charge in [-0.25, -0.2) is 0 Å². The molecular formula is C6H4I2O4S. The highest BCUT2D eigenvalue weighted by Gasteiger charge is 2.18. The molecule has 1 rings (SSSR count). The van der Waals surface area contributed by atoms with E-state index in [1.165, 1.54) is 12.1 Å². The summed E-state index contributed by atoms with van der Waals surface area (Å²) in [5.74, 6) is -0.0267. The molecule has 0 amide bonds. The Morgan fingerprint density at radius 1 is 1.15 bits per heavy atom. The minimum atomic E-state index is -4.21. The Bertz CT molecular complexity index is 417. The number of benzene rings is 1. The average Bonchev–Trinajstić information content (AvgIpc) is 1.78. The first-order chi connectivity index (χ1) is 5.82. The Kier molecular flexibility index (Phi) is 3.41. The lowest BCUT2D eigenvalue weighted by atomic mass is 10.3. The Morgan fingerprint density at radius 3 is 1.85 bits per heavy atom. The van der Waals surface area contributed by atoms with E-state index in [0.29, 0.717) is 7.14 Å². The molecule has 0 spiro atoms. The number of phenols is 1. The molecule has 0 aliphatic rings. The number of phenolic OH excluding ortho intramolecular Hbond substituents is 1. The van der Waals surface area contributed by atoms with E-state index in [9.17, 15) is 8.42 Å². The van der Waals surface area contributed by atoms with Crippen molar-refractivity contribution in [3.05, 3.63) is 19.3 Å². The van der Waals surface area contributed by atoms with Crippen LogP contribution in [0.2, 0.25) is 0 Å². The monoisotopic (exact) mass is 426 g/mol.